The van der Waals surface area contributed by atoms with Gasteiger partial charge in [0.25, 0.3) is 5.89 Å². The van der Waals surface area contributed by atoms with Crippen LogP contribution < -0.4 is 0 Å². The summed E-state index contributed by atoms with van der Waals surface area (Å²) in [7, 11) is 0. The first-order valence-electron chi connectivity index (χ1n) is 7.50. The maximum Gasteiger partial charge on any atom is 0.261 e. The minimum Gasteiger partial charge on any atom is -0.507 e. The van der Waals surface area contributed by atoms with Crippen LogP contribution in [0, 0.1) is 5.92 Å². The van der Waals surface area contributed by atoms with Crippen molar-refractivity contribution in [2.24, 2.45) is 5.92 Å². The molecule has 21 heavy (non-hydrogen) atoms. The zero-order chi connectivity index (χ0) is 14.8. The summed E-state index contributed by atoms with van der Waals surface area (Å²) in [6, 6.07) is 5.27. The molecule has 4 nitrogen and oxygen atoms in total. The van der Waals surface area contributed by atoms with E-state index < -0.39 is 0 Å². The zero-order valence-electron chi connectivity index (χ0n) is 12.1. The summed E-state index contributed by atoms with van der Waals surface area (Å²) in [6.07, 6.45) is 6.03. The second-order valence-electron chi connectivity index (χ2n) is 5.76. The van der Waals surface area contributed by atoms with Crippen LogP contribution in [0.15, 0.2) is 27.2 Å². The van der Waals surface area contributed by atoms with Gasteiger partial charge in [-0.25, -0.2) is 0 Å². The van der Waals surface area contributed by atoms with Crippen molar-refractivity contribution >= 4 is 15.9 Å². The molecule has 0 amide bonds. The van der Waals surface area contributed by atoms with E-state index in [0.717, 1.165) is 29.1 Å². The summed E-state index contributed by atoms with van der Waals surface area (Å²) >= 11 is 3.32. The lowest BCUT2D eigenvalue weighted by molar-refractivity contribution is 0.300. The summed E-state index contributed by atoms with van der Waals surface area (Å²) in [5.74, 6) is 2.49. The van der Waals surface area contributed by atoms with E-state index in [2.05, 4.69) is 33.0 Å². The summed E-state index contributed by atoms with van der Waals surface area (Å²) in [6.45, 7) is 2.24. The molecule has 0 radical (unpaired) electrons. The number of phenols is 1. The first-order valence-corrected chi connectivity index (χ1v) is 8.29. The van der Waals surface area contributed by atoms with Crippen LogP contribution in [0.1, 0.15) is 50.8 Å². The predicted molar refractivity (Wildman–Crippen MR) is 84.1 cm³/mol. The second-order valence-corrected chi connectivity index (χ2v) is 6.67. The number of benzene rings is 1. The molecule has 2 unspecified atom stereocenters. The van der Waals surface area contributed by atoms with Gasteiger partial charge in [-0.1, -0.05) is 47.3 Å². The minimum absolute atomic E-state index is 0.148. The Kier molecular flexibility index (Phi) is 4.29. The molecule has 1 saturated carbocycles. The Hall–Kier alpha value is -1.36. The van der Waals surface area contributed by atoms with Crippen LogP contribution in [-0.4, -0.2) is 15.2 Å². The van der Waals surface area contributed by atoms with Gasteiger partial charge < -0.3 is 9.63 Å². The number of aromatic hydroxyl groups is 1. The molecule has 0 bridgehead atoms. The number of rotatable bonds is 3. The predicted octanol–water partition coefficient (Wildman–Crippen LogP) is 4.89. The van der Waals surface area contributed by atoms with Crippen LogP contribution in [0.2, 0.25) is 0 Å². The molecule has 1 aliphatic carbocycles. The third-order valence-corrected chi connectivity index (χ3v) is 4.85. The Morgan fingerprint density at radius 1 is 1.38 bits per heavy atom. The Morgan fingerprint density at radius 2 is 2.24 bits per heavy atom. The van der Waals surface area contributed by atoms with Crippen LogP contribution >= 0.6 is 15.9 Å². The molecule has 112 valence electrons. The molecule has 0 saturated heterocycles. The highest BCUT2D eigenvalue weighted by molar-refractivity contribution is 9.10. The largest absolute Gasteiger partial charge is 0.507 e. The quantitative estimate of drug-likeness (QED) is 0.855. The smallest absolute Gasteiger partial charge is 0.261 e. The van der Waals surface area contributed by atoms with Crippen LogP contribution in [0.3, 0.4) is 0 Å². The number of nitrogens with zero attached hydrogens (tertiary/aromatic N) is 2. The van der Waals surface area contributed by atoms with Gasteiger partial charge in [-0.3, -0.25) is 0 Å². The Labute approximate surface area is 132 Å². The maximum absolute atomic E-state index is 9.99. The SMILES string of the molecule is CCC1CCCC(c2noc(-c3ccc(Br)cc3O)n2)C1. The lowest BCUT2D eigenvalue weighted by Gasteiger charge is -2.26. The molecule has 3 rings (SSSR count). The average molecular weight is 351 g/mol. The van der Waals surface area contributed by atoms with E-state index in [1.54, 1.807) is 12.1 Å². The molecule has 1 N–H and O–H groups in total. The van der Waals surface area contributed by atoms with Crippen LogP contribution in [0.4, 0.5) is 0 Å². The van der Waals surface area contributed by atoms with Crippen molar-refractivity contribution < 1.29 is 9.63 Å². The van der Waals surface area contributed by atoms with Crippen molar-refractivity contribution in [1.82, 2.24) is 10.1 Å². The van der Waals surface area contributed by atoms with Gasteiger partial charge in [0.2, 0.25) is 0 Å². The van der Waals surface area contributed by atoms with Crippen molar-refractivity contribution in [1.29, 1.82) is 0 Å². The highest BCUT2D eigenvalue weighted by Crippen LogP contribution is 2.37. The summed E-state index contributed by atoms with van der Waals surface area (Å²) in [4.78, 5) is 4.51. The van der Waals surface area contributed by atoms with Crippen molar-refractivity contribution in [3.05, 3.63) is 28.5 Å². The molecule has 0 spiro atoms. The first-order chi connectivity index (χ1) is 10.2. The average Bonchev–Trinajstić information content (AvgIpc) is 2.97. The summed E-state index contributed by atoms with van der Waals surface area (Å²) in [5, 5.41) is 14.1. The van der Waals surface area contributed by atoms with Crippen molar-refractivity contribution in [3.63, 3.8) is 0 Å². The highest BCUT2D eigenvalue weighted by atomic mass is 79.9. The second kappa shape index (κ2) is 6.18. The monoisotopic (exact) mass is 350 g/mol. The van der Waals surface area contributed by atoms with E-state index in [9.17, 15) is 5.11 Å². The van der Waals surface area contributed by atoms with Gasteiger partial charge in [-0.2, -0.15) is 4.98 Å². The van der Waals surface area contributed by atoms with Crippen LogP contribution in [-0.2, 0) is 0 Å². The molecule has 1 heterocycles. The third-order valence-electron chi connectivity index (χ3n) is 4.36. The molecule has 2 aromatic rings. The van der Waals surface area contributed by atoms with Gasteiger partial charge in [0.05, 0.1) is 5.56 Å². The van der Waals surface area contributed by atoms with E-state index in [4.69, 9.17) is 4.52 Å². The molecule has 1 fully saturated rings. The third kappa shape index (κ3) is 3.12. The van der Waals surface area contributed by atoms with E-state index >= 15 is 0 Å². The highest BCUT2D eigenvalue weighted by Gasteiger charge is 2.26. The number of phenolic OH excluding ortho intramolecular Hbond substituents is 1. The Bertz CT molecular complexity index is 626. The Morgan fingerprint density at radius 3 is 3.00 bits per heavy atom. The molecule has 5 heteroatoms. The minimum atomic E-state index is 0.148. The van der Waals surface area contributed by atoms with Crippen molar-refractivity contribution in [2.45, 2.75) is 44.9 Å². The van der Waals surface area contributed by atoms with E-state index in [0.29, 0.717) is 17.4 Å². The van der Waals surface area contributed by atoms with E-state index in [1.807, 2.05) is 6.07 Å². The fourth-order valence-corrected chi connectivity index (χ4v) is 3.44. The van der Waals surface area contributed by atoms with Gasteiger partial charge in [0, 0.05) is 10.4 Å². The topological polar surface area (TPSA) is 59.2 Å². The zero-order valence-corrected chi connectivity index (χ0v) is 13.6. The number of halogens is 1. The van der Waals surface area contributed by atoms with Gasteiger partial charge in [0.15, 0.2) is 5.82 Å². The molecular weight excluding hydrogens is 332 g/mol. The maximum atomic E-state index is 9.99. The van der Waals surface area contributed by atoms with Crippen molar-refractivity contribution in [3.8, 4) is 17.2 Å². The number of aromatic nitrogens is 2. The molecular formula is C16H19BrN2O2. The standard InChI is InChI=1S/C16H19BrN2O2/c1-2-10-4-3-5-11(8-10)15-18-16(21-19-15)13-7-6-12(17)9-14(13)20/h6-7,9-11,20H,2-5,8H2,1H3. The van der Waals surface area contributed by atoms with E-state index in [1.165, 1.54) is 19.3 Å². The van der Waals surface area contributed by atoms with Gasteiger partial charge >= 0.3 is 0 Å². The fraction of sp³-hybridized carbons (Fsp3) is 0.500. The number of hydrogen-bond acceptors (Lipinski definition) is 4. The van der Waals surface area contributed by atoms with Gasteiger partial charge in [-0.05, 0) is 37.0 Å². The lowest BCUT2D eigenvalue weighted by Crippen LogP contribution is -2.14. The summed E-state index contributed by atoms with van der Waals surface area (Å²) < 4.78 is 6.18. The fourth-order valence-electron chi connectivity index (χ4n) is 3.09. The van der Waals surface area contributed by atoms with Gasteiger partial charge in [0.1, 0.15) is 5.75 Å². The molecule has 1 aromatic carbocycles. The normalized spacial score (nSPS) is 22.4. The molecule has 2 atom stereocenters. The molecule has 1 aromatic heterocycles. The van der Waals surface area contributed by atoms with Crippen LogP contribution in [0.25, 0.3) is 11.5 Å². The van der Waals surface area contributed by atoms with Crippen molar-refractivity contribution in [2.75, 3.05) is 0 Å². The van der Waals surface area contributed by atoms with E-state index in [-0.39, 0.29) is 5.75 Å². The van der Waals surface area contributed by atoms with Crippen LogP contribution in [0.5, 0.6) is 5.75 Å². The summed E-state index contributed by atoms with van der Waals surface area (Å²) in [5.41, 5.74) is 0.583. The molecule has 0 aliphatic heterocycles. The molecule has 1 aliphatic rings. The lowest BCUT2D eigenvalue weighted by atomic mass is 9.80. The van der Waals surface area contributed by atoms with Gasteiger partial charge in [-0.15, -0.1) is 0 Å². The number of hydrogen-bond donors (Lipinski definition) is 1. The Balaban J connectivity index is 1.83. The first kappa shape index (κ1) is 14.6.